The van der Waals surface area contributed by atoms with Gasteiger partial charge in [0.15, 0.2) is 0 Å². The highest BCUT2D eigenvalue weighted by Crippen LogP contribution is 2.34. The van der Waals surface area contributed by atoms with Gasteiger partial charge in [0, 0.05) is 25.2 Å². The molecule has 142 valence electrons. The van der Waals surface area contributed by atoms with Crippen molar-refractivity contribution < 1.29 is 13.2 Å². The highest BCUT2D eigenvalue weighted by atomic mass is 32.2. The summed E-state index contributed by atoms with van der Waals surface area (Å²) < 4.78 is 27.3. The minimum Gasteiger partial charge on any atom is -0.339 e. The molecule has 0 saturated carbocycles. The minimum absolute atomic E-state index is 0.0501. The summed E-state index contributed by atoms with van der Waals surface area (Å²) in [4.78, 5) is 15.0. The smallest absolute Gasteiger partial charge is 0.264 e. The van der Waals surface area contributed by atoms with Gasteiger partial charge in [0.25, 0.3) is 15.9 Å². The van der Waals surface area contributed by atoms with Crippen molar-refractivity contribution >= 4 is 21.6 Å². The van der Waals surface area contributed by atoms with Gasteiger partial charge in [-0.2, -0.15) is 0 Å². The maximum Gasteiger partial charge on any atom is 0.264 e. The van der Waals surface area contributed by atoms with E-state index in [0.717, 1.165) is 31.5 Å². The highest BCUT2D eigenvalue weighted by molar-refractivity contribution is 7.92. The zero-order valence-electron chi connectivity index (χ0n) is 15.5. The number of carbonyl (C=O) groups excluding carboxylic acids is 1. The molecule has 2 aliphatic rings. The minimum atomic E-state index is -3.57. The summed E-state index contributed by atoms with van der Waals surface area (Å²) in [5.74, 6) is 0.722. The molecule has 5 nitrogen and oxygen atoms in total. The van der Waals surface area contributed by atoms with Gasteiger partial charge in [-0.1, -0.05) is 25.1 Å². The van der Waals surface area contributed by atoms with Crippen molar-refractivity contribution in [2.24, 2.45) is 5.92 Å². The van der Waals surface area contributed by atoms with E-state index in [0.29, 0.717) is 35.0 Å². The van der Waals surface area contributed by atoms with Gasteiger partial charge >= 0.3 is 0 Å². The van der Waals surface area contributed by atoms with Crippen LogP contribution in [0.15, 0.2) is 53.4 Å². The van der Waals surface area contributed by atoms with Crippen LogP contribution < -0.4 is 4.31 Å². The maximum absolute atomic E-state index is 12.9. The summed E-state index contributed by atoms with van der Waals surface area (Å²) in [7, 11) is -3.57. The Hall–Kier alpha value is -2.34. The molecule has 1 amide bonds. The zero-order valence-corrected chi connectivity index (χ0v) is 16.3. The van der Waals surface area contributed by atoms with E-state index in [4.69, 9.17) is 0 Å². The van der Waals surface area contributed by atoms with E-state index in [1.165, 1.54) is 4.31 Å². The van der Waals surface area contributed by atoms with Crippen LogP contribution in [-0.4, -0.2) is 38.9 Å². The molecule has 0 spiro atoms. The lowest BCUT2D eigenvalue weighted by molar-refractivity contribution is 0.0697. The van der Waals surface area contributed by atoms with E-state index < -0.39 is 10.0 Å². The average Bonchev–Trinajstić information content (AvgIpc) is 3.13. The van der Waals surface area contributed by atoms with Crippen LogP contribution in [0.1, 0.15) is 35.7 Å². The second-order valence-electron chi connectivity index (χ2n) is 7.46. The van der Waals surface area contributed by atoms with Crippen LogP contribution >= 0.6 is 0 Å². The lowest BCUT2D eigenvalue weighted by Crippen LogP contribution is -2.37. The molecule has 1 saturated heterocycles. The number of carbonyl (C=O) groups is 1. The van der Waals surface area contributed by atoms with Crippen molar-refractivity contribution in [3.8, 4) is 0 Å². The third kappa shape index (κ3) is 3.34. The van der Waals surface area contributed by atoms with Crippen molar-refractivity contribution in [1.82, 2.24) is 4.90 Å². The Bertz CT molecular complexity index is 949. The predicted molar refractivity (Wildman–Crippen MR) is 105 cm³/mol. The molecule has 6 heteroatoms. The van der Waals surface area contributed by atoms with Gasteiger partial charge in [-0.15, -0.1) is 0 Å². The van der Waals surface area contributed by atoms with Gasteiger partial charge in [-0.3, -0.25) is 9.10 Å². The molecule has 27 heavy (non-hydrogen) atoms. The predicted octanol–water partition coefficient (Wildman–Crippen LogP) is 3.31. The Kier molecular flexibility index (Phi) is 4.68. The lowest BCUT2D eigenvalue weighted by atomic mass is 9.98. The molecule has 0 atom stereocenters. The lowest BCUT2D eigenvalue weighted by Gasteiger charge is -2.30. The standard InChI is InChI=1S/C21H24N2O3S/c1-16-9-12-22(13-10-16)21(24)18-7-8-20-17(15-18)11-14-23(20)27(25,26)19-5-3-2-4-6-19/h2-8,15-16H,9-14H2,1H3. The fourth-order valence-electron chi connectivity index (χ4n) is 3.87. The number of likely N-dealkylation sites (tertiary alicyclic amines) is 1. The summed E-state index contributed by atoms with van der Waals surface area (Å²) in [6, 6.07) is 13.9. The number of rotatable bonds is 3. The fourth-order valence-corrected chi connectivity index (χ4v) is 5.39. The van der Waals surface area contributed by atoms with Gasteiger partial charge < -0.3 is 4.90 Å². The first-order valence-electron chi connectivity index (χ1n) is 9.47. The molecule has 2 aliphatic heterocycles. The molecule has 1 fully saturated rings. The number of fused-ring (bicyclic) bond motifs is 1. The Labute approximate surface area is 160 Å². The summed E-state index contributed by atoms with van der Waals surface area (Å²) in [5.41, 5.74) is 2.26. The van der Waals surface area contributed by atoms with E-state index in [2.05, 4.69) is 6.92 Å². The second kappa shape index (κ2) is 7.00. The molecule has 0 radical (unpaired) electrons. The summed E-state index contributed by atoms with van der Waals surface area (Å²) in [6.07, 6.45) is 2.71. The van der Waals surface area contributed by atoms with Crippen LogP contribution in [0.5, 0.6) is 0 Å². The third-order valence-electron chi connectivity index (χ3n) is 5.58. The van der Waals surface area contributed by atoms with Gasteiger partial charge in [0.05, 0.1) is 10.6 Å². The topological polar surface area (TPSA) is 57.7 Å². The van der Waals surface area contributed by atoms with Crippen molar-refractivity contribution in [3.63, 3.8) is 0 Å². The highest BCUT2D eigenvalue weighted by Gasteiger charge is 2.31. The quantitative estimate of drug-likeness (QED) is 0.816. The summed E-state index contributed by atoms with van der Waals surface area (Å²) in [5, 5.41) is 0. The first-order valence-corrected chi connectivity index (χ1v) is 10.9. The van der Waals surface area contributed by atoms with Gasteiger partial charge in [-0.05, 0) is 61.1 Å². The number of hydrogen-bond acceptors (Lipinski definition) is 3. The molecule has 0 aromatic heterocycles. The van der Waals surface area contributed by atoms with Crippen LogP contribution in [-0.2, 0) is 16.4 Å². The number of hydrogen-bond donors (Lipinski definition) is 0. The SMILES string of the molecule is CC1CCN(C(=O)c2ccc3c(c2)CCN3S(=O)(=O)c2ccccc2)CC1. The molecule has 2 heterocycles. The Morgan fingerprint density at radius 3 is 2.41 bits per heavy atom. The van der Waals surface area contributed by atoms with E-state index >= 15 is 0 Å². The van der Waals surface area contributed by atoms with E-state index in [1.54, 1.807) is 42.5 Å². The monoisotopic (exact) mass is 384 g/mol. The maximum atomic E-state index is 12.9. The Morgan fingerprint density at radius 1 is 1.00 bits per heavy atom. The first-order chi connectivity index (χ1) is 13.0. The molecular formula is C21H24N2O3S. The number of benzene rings is 2. The molecule has 0 bridgehead atoms. The number of piperidine rings is 1. The summed E-state index contributed by atoms with van der Waals surface area (Å²) >= 11 is 0. The van der Waals surface area contributed by atoms with Crippen LogP contribution in [0.2, 0.25) is 0 Å². The number of amides is 1. The van der Waals surface area contributed by atoms with Crippen molar-refractivity contribution in [1.29, 1.82) is 0 Å². The molecule has 2 aromatic carbocycles. The van der Waals surface area contributed by atoms with Crippen LogP contribution in [0.3, 0.4) is 0 Å². The van der Waals surface area contributed by atoms with Crippen molar-refractivity contribution in [2.45, 2.75) is 31.1 Å². The molecule has 4 rings (SSSR count). The summed E-state index contributed by atoms with van der Waals surface area (Å²) in [6.45, 7) is 4.22. The first kappa shape index (κ1) is 18.0. The van der Waals surface area contributed by atoms with E-state index in [-0.39, 0.29) is 5.91 Å². The van der Waals surface area contributed by atoms with Crippen LogP contribution in [0.25, 0.3) is 0 Å². The number of anilines is 1. The second-order valence-corrected chi connectivity index (χ2v) is 9.32. The van der Waals surface area contributed by atoms with Gasteiger partial charge in [0.1, 0.15) is 0 Å². The fraction of sp³-hybridized carbons (Fsp3) is 0.381. The molecular weight excluding hydrogens is 360 g/mol. The average molecular weight is 385 g/mol. The van der Waals surface area contributed by atoms with Crippen molar-refractivity contribution in [2.75, 3.05) is 23.9 Å². The third-order valence-corrected chi connectivity index (χ3v) is 7.41. The van der Waals surface area contributed by atoms with Crippen LogP contribution in [0, 0.1) is 5.92 Å². The largest absolute Gasteiger partial charge is 0.339 e. The van der Waals surface area contributed by atoms with Gasteiger partial charge in [0.2, 0.25) is 0 Å². The normalized spacial score (nSPS) is 17.8. The number of nitrogens with zero attached hydrogens (tertiary/aromatic N) is 2. The van der Waals surface area contributed by atoms with Crippen LogP contribution in [0.4, 0.5) is 5.69 Å². The molecule has 0 N–H and O–H groups in total. The van der Waals surface area contributed by atoms with Gasteiger partial charge in [-0.25, -0.2) is 8.42 Å². The van der Waals surface area contributed by atoms with E-state index in [1.807, 2.05) is 11.0 Å². The number of sulfonamides is 1. The van der Waals surface area contributed by atoms with E-state index in [9.17, 15) is 13.2 Å². The molecule has 2 aromatic rings. The zero-order chi connectivity index (χ0) is 19.0. The van der Waals surface area contributed by atoms with Crippen molar-refractivity contribution in [3.05, 3.63) is 59.7 Å². The Balaban J connectivity index is 1.59. The molecule has 0 unspecified atom stereocenters. The Morgan fingerprint density at radius 2 is 1.70 bits per heavy atom. The molecule has 0 aliphatic carbocycles.